The van der Waals surface area contributed by atoms with Gasteiger partial charge in [0, 0.05) is 42.4 Å². The van der Waals surface area contributed by atoms with Gasteiger partial charge < -0.3 is 9.64 Å². The van der Waals surface area contributed by atoms with E-state index in [9.17, 15) is 0 Å². The highest BCUT2D eigenvalue weighted by molar-refractivity contribution is 6.00. The monoisotopic (exact) mass is 360 g/mol. The fourth-order valence-corrected chi connectivity index (χ4v) is 3.92. The van der Waals surface area contributed by atoms with Crippen LogP contribution in [0.25, 0.3) is 16.4 Å². The zero-order chi connectivity index (χ0) is 18.4. The third-order valence-corrected chi connectivity index (χ3v) is 5.31. The lowest BCUT2D eigenvalue weighted by Crippen LogP contribution is -2.35. The number of likely N-dealkylation sites (N-methyl/N-ethyl adjacent to an activating group) is 1. The molecule has 0 spiro atoms. The molecule has 0 N–H and O–H groups in total. The highest BCUT2D eigenvalue weighted by atomic mass is 16.5. The van der Waals surface area contributed by atoms with E-state index in [1.807, 2.05) is 35.8 Å². The number of hydrogen-bond acceptors (Lipinski definition) is 6. The first-order valence-corrected chi connectivity index (χ1v) is 9.09. The first kappa shape index (κ1) is 16.1. The van der Waals surface area contributed by atoms with Crippen LogP contribution in [0.1, 0.15) is 23.9 Å². The Labute approximate surface area is 156 Å². The van der Waals surface area contributed by atoms with Crippen molar-refractivity contribution in [3.05, 3.63) is 60.2 Å². The number of anilines is 1. The topological polar surface area (TPSA) is 68.4 Å². The minimum Gasteiger partial charge on any atom is -0.371 e. The van der Waals surface area contributed by atoms with Crippen LogP contribution in [0.15, 0.2) is 48.8 Å². The van der Waals surface area contributed by atoms with Gasteiger partial charge in [0.15, 0.2) is 17.3 Å². The largest absolute Gasteiger partial charge is 0.371 e. The van der Waals surface area contributed by atoms with Crippen molar-refractivity contribution < 1.29 is 4.74 Å². The summed E-state index contributed by atoms with van der Waals surface area (Å²) in [6.07, 6.45) is 4.58. The summed E-state index contributed by atoms with van der Waals surface area (Å²) in [5, 5.41) is 15.5. The second kappa shape index (κ2) is 6.28. The van der Waals surface area contributed by atoms with Gasteiger partial charge in [-0.25, -0.2) is 0 Å². The van der Waals surface area contributed by atoms with E-state index in [1.165, 1.54) is 0 Å². The van der Waals surface area contributed by atoms with Crippen LogP contribution in [-0.2, 0) is 4.74 Å². The predicted molar refractivity (Wildman–Crippen MR) is 103 cm³/mol. The predicted octanol–water partition coefficient (Wildman–Crippen LogP) is 2.95. The summed E-state index contributed by atoms with van der Waals surface area (Å²) in [6, 6.07) is 12.4. The van der Waals surface area contributed by atoms with E-state index in [0.717, 1.165) is 46.7 Å². The molecule has 3 aromatic heterocycles. The maximum absolute atomic E-state index is 6.06. The minimum absolute atomic E-state index is 0.0260. The Balaban J connectivity index is 1.64. The lowest BCUT2D eigenvalue weighted by atomic mass is 10.0. The van der Waals surface area contributed by atoms with Gasteiger partial charge in [0.1, 0.15) is 6.10 Å². The molecular weight excluding hydrogens is 340 g/mol. The van der Waals surface area contributed by atoms with Gasteiger partial charge in [0.05, 0.1) is 6.04 Å². The lowest BCUT2D eigenvalue weighted by molar-refractivity contribution is 0.104. The van der Waals surface area contributed by atoms with Crippen LogP contribution in [0.4, 0.5) is 5.82 Å². The molecule has 7 nitrogen and oxygen atoms in total. The molecule has 0 radical (unpaired) electrons. The summed E-state index contributed by atoms with van der Waals surface area (Å²) in [7, 11) is 2.09. The molecule has 1 aliphatic heterocycles. The first-order chi connectivity index (χ1) is 13.2. The number of ether oxygens (including phenoxy) is 1. The molecule has 1 saturated heterocycles. The summed E-state index contributed by atoms with van der Waals surface area (Å²) in [5.41, 5.74) is 1.88. The lowest BCUT2D eigenvalue weighted by Gasteiger charge is -2.30. The van der Waals surface area contributed by atoms with Crippen LogP contribution < -0.4 is 4.90 Å². The SMILES string of the molecule is Cc1nnc2c3ccccc3c(N(C)[C@H]3CCO[C@@H]3c3cccnc3)nn12. The van der Waals surface area contributed by atoms with Crippen molar-refractivity contribution >= 4 is 22.2 Å². The molecule has 1 aromatic carbocycles. The smallest absolute Gasteiger partial charge is 0.185 e. The highest BCUT2D eigenvalue weighted by Crippen LogP contribution is 2.36. The molecule has 4 heterocycles. The molecule has 1 aliphatic rings. The van der Waals surface area contributed by atoms with Crippen molar-refractivity contribution in [1.29, 1.82) is 0 Å². The molecule has 0 amide bonds. The number of aromatic nitrogens is 5. The Kier molecular flexibility index (Phi) is 3.75. The number of hydrogen-bond donors (Lipinski definition) is 0. The second-order valence-corrected chi connectivity index (χ2v) is 6.90. The Morgan fingerprint density at radius 1 is 1.11 bits per heavy atom. The van der Waals surface area contributed by atoms with Crippen molar-refractivity contribution in [2.45, 2.75) is 25.5 Å². The molecule has 4 aromatic rings. The molecule has 0 unspecified atom stereocenters. The van der Waals surface area contributed by atoms with Gasteiger partial charge in [-0.05, 0) is 19.4 Å². The van der Waals surface area contributed by atoms with E-state index in [0.29, 0.717) is 0 Å². The van der Waals surface area contributed by atoms with E-state index < -0.39 is 0 Å². The van der Waals surface area contributed by atoms with Gasteiger partial charge in [-0.3, -0.25) is 4.98 Å². The molecule has 136 valence electrons. The Bertz CT molecular complexity index is 1110. The fourth-order valence-electron chi connectivity index (χ4n) is 3.92. The molecule has 2 atom stereocenters. The minimum atomic E-state index is -0.0260. The summed E-state index contributed by atoms with van der Waals surface area (Å²) >= 11 is 0. The molecule has 0 bridgehead atoms. The van der Waals surface area contributed by atoms with Gasteiger partial charge in [-0.2, -0.15) is 4.52 Å². The molecular formula is C20H20N6O. The highest BCUT2D eigenvalue weighted by Gasteiger charge is 2.34. The van der Waals surface area contributed by atoms with E-state index in [2.05, 4.69) is 45.3 Å². The van der Waals surface area contributed by atoms with Gasteiger partial charge in [-0.1, -0.05) is 30.3 Å². The van der Waals surface area contributed by atoms with Crippen LogP contribution in [0.3, 0.4) is 0 Å². The first-order valence-electron chi connectivity index (χ1n) is 9.09. The number of fused-ring (bicyclic) bond motifs is 3. The van der Waals surface area contributed by atoms with E-state index in [1.54, 1.807) is 6.20 Å². The average Bonchev–Trinajstić information content (AvgIpc) is 3.35. The van der Waals surface area contributed by atoms with Crippen LogP contribution in [0.2, 0.25) is 0 Å². The van der Waals surface area contributed by atoms with Crippen molar-refractivity contribution in [2.24, 2.45) is 0 Å². The van der Waals surface area contributed by atoms with Crippen LogP contribution in [0, 0.1) is 6.92 Å². The van der Waals surface area contributed by atoms with Crippen LogP contribution >= 0.6 is 0 Å². The van der Waals surface area contributed by atoms with Gasteiger partial charge in [0.2, 0.25) is 0 Å². The van der Waals surface area contributed by atoms with E-state index in [4.69, 9.17) is 9.84 Å². The number of aryl methyl sites for hydroxylation is 1. The molecule has 27 heavy (non-hydrogen) atoms. The van der Waals surface area contributed by atoms with Crippen molar-refractivity contribution in [2.75, 3.05) is 18.6 Å². The normalized spacial score (nSPS) is 19.8. The van der Waals surface area contributed by atoms with Gasteiger partial charge in [0.25, 0.3) is 0 Å². The zero-order valence-electron chi connectivity index (χ0n) is 15.3. The quantitative estimate of drug-likeness (QED) is 0.559. The molecule has 1 fully saturated rings. The third kappa shape index (κ3) is 2.54. The summed E-state index contributed by atoms with van der Waals surface area (Å²) in [6.45, 7) is 2.64. The number of pyridine rings is 1. The van der Waals surface area contributed by atoms with Crippen LogP contribution in [-0.4, -0.2) is 44.5 Å². The van der Waals surface area contributed by atoms with Gasteiger partial charge >= 0.3 is 0 Å². The van der Waals surface area contributed by atoms with E-state index >= 15 is 0 Å². The number of rotatable bonds is 3. The summed E-state index contributed by atoms with van der Waals surface area (Å²) in [4.78, 5) is 6.48. The molecule has 0 saturated carbocycles. The maximum Gasteiger partial charge on any atom is 0.185 e. The summed E-state index contributed by atoms with van der Waals surface area (Å²) < 4.78 is 7.88. The standard InChI is InChI=1S/C20H20N6O/c1-13-22-23-19-15-7-3-4-8-16(15)20(24-26(13)19)25(2)17-9-11-27-18(17)14-6-5-10-21-12-14/h3-8,10,12,17-18H,9,11H2,1-2H3/t17-,18+/m0/s1. The third-order valence-electron chi connectivity index (χ3n) is 5.31. The Morgan fingerprint density at radius 2 is 1.96 bits per heavy atom. The molecule has 7 heteroatoms. The Hall–Kier alpha value is -3.06. The maximum atomic E-state index is 6.06. The Morgan fingerprint density at radius 3 is 2.78 bits per heavy atom. The average molecular weight is 360 g/mol. The fraction of sp³-hybridized carbons (Fsp3) is 0.300. The zero-order valence-corrected chi connectivity index (χ0v) is 15.3. The number of nitrogens with zero attached hydrogens (tertiary/aromatic N) is 6. The van der Waals surface area contributed by atoms with Crippen LogP contribution in [0.5, 0.6) is 0 Å². The summed E-state index contributed by atoms with van der Waals surface area (Å²) in [5.74, 6) is 1.68. The van der Waals surface area contributed by atoms with Crippen molar-refractivity contribution in [3.8, 4) is 0 Å². The van der Waals surface area contributed by atoms with Gasteiger partial charge in [-0.15, -0.1) is 15.3 Å². The second-order valence-electron chi connectivity index (χ2n) is 6.90. The van der Waals surface area contributed by atoms with Crippen molar-refractivity contribution in [1.82, 2.24) is 24.8 Å². The van der Waals surface area contributed by atoms with Crippen molar-refractivity contribution in [3.63, 3.8) is 0 Å². The number of benzene rings is 1. The molecule has 5 rings (SSSR count). The molecule has 0 aliphatic carbocycles. The van der Waals surface area contributed by atoms with E-state index in [-0.39, 0.29) is 12.1 Å².